The van der Waals surface area contributed by atoms with Crippen LogP contribution in [-0.2, 0) is 28.7 Å². The summed E-state index contributed by atoms with van der Waals surface area (Å²) >= 11 is 0. The second-order valence-corrected chi connectivity index (χ2v) is 12.9. The lowest BCUT2D eigenvalue weighted by Crippen LogP contribution is -2.63. The summed E-state index contributed by atoms with van der Waals surface area (Å²) in [4.78, 5) is 53.1. The molecule has 2 aliphatic rings. The van der Waals surface area contributed by atoms with E-state index in [2.05, 4.69) is 0 Å². The van der Waals surface area contributed by atoms with Gasteiger partial charge < -0.3 is 19.3 Å². The average Bonchev–Trinajstić information content (AvgIpc) is 2.55. The highest BCUT2D eigenvalue weighted by Gasteiger charge is 2.49. The van der Waals surface area contributed by atoms with E-state index in [1.165, 1.54) is 0 Å². The largest absolute Gasteiger partial charge is 0.462 e. The van der Waals surface area contributed by atoms with Crippen molar-refractivity contribution >= 4 is 23.8 Å². The molecule has 0 aromatic rings. The van der Waals surface area contributed by atoms with Crippen molar-refractivity contribution in [2.75, 3.05) is 0 Å². The smallest absolute Gasteiger partial charge is 0.306 e. The molecule has 0 aromatic heterocycles. The predicted molar refractivity (Wildman–Crippen MR) is 133 cm³/mol. The minimum absolute atomic E-state index is 0.0158. The van der Waals surface area contributed by atoms with Crippen LogP contribution in [0.2, 0.25) is 0 Å². The second-order valence-electron chi connectivity index (χ2n) is 12.9. The summed E-state index contributed by atoms with van der Waals surface area (Å²) in [6.45, 7) is 19.1. The van der Waals surface area contributed by atoms with Gasteiger partial charge in [-0.1, -0.05) is 0 Å². The van der Waals surface area contributed by atoms with Crippen molar-refractivity contribution in [3.63, 3.8) is 0 Å². The van der Waals surface area contributed by atoms with E-state index in [9.17, 15) is 19.2 Å². The van der Waals surface area contributed by atoms with Crippen LogP contribution < -0.4 is 0 Å². The Hall–Kier alpha value is -2.12. The molecule has 0 aliphatic carbocycles. The molecule has 2 rings (SSSR count). The first-order valence-corrected chi connectivity index (χ1v) is 12.8. The van der Waals surface area contributed by atoms with Crippen LogP contribution in [0.25, 0.3) is 0 Å². The van der Waals surface area contributed by atoms with Gasteiger partial charge in [-0.3, -0.25) is 19.2 Å². The average molecular weight is 495 g/mol. The zero-order valence-electron chi connectivity index (χ0n) is 23.4. The van der Waals surface area contributed by atoms with Crippen molar-refractivity contribution in [1.29, 1.82) is 0 Å². The molecule has 8 heteroatoms. The third-order valence-electron chi connectivity index (χ3n) is 7.32. The molecule has 200 valence electrons. The molecule has 0 atom stereocenters. The molecule has 2 aliphatic heterocycles. The van der Waals surface area contributed by atoms with Crippen molar-refractivity contribution in [2.45, 2.75) is 149 Å². The Bertz CT molecular complexity index is 741. The highest BCUT2D eigenvalue weighted by Crippen LogP contribution is 2.41. The minimum Gasteiger partial charge on any atom is -0.462 e. The van der Waals surface area contributed by atoms with Gasteiger partial charge in [-0.15, -0.1) is 0 Å². The van der Waals surface area contributed by atoms with Gasteiger partial charge in [0.1, 0.15) is 12.2 Å². The van der Waals surface area contributed by atoms with Crippen molar-refractivity contribution in [3.05, 3.63) is 0 Å². The van der Waals surface area contributed by atoms with Crippen molar-refractivity contribution in [1.82, 2.24) is 9.80 Å². The third kappa shape index (κ3) is 6.98. The van der Waals surface area contributed by atoms with Crippen molar-refractivity contribution < 1.29 is 28.7 Å². The molecule has 0 bridgehead atoms. The molecule has 8 nitrogen and oxygen atoms in total. The Morgan fingerprint density at radius 1 is 0.600 bits per heavy atom. The maximum absolute atomic E-state index is 12.5. The van der Waals surface area contributed by atoms with E-state index in [0.29, 0.717) is 32.1 Å². The van der Waals surface area contributed by atoms with Crippen LogP contribution >= 0.6 is 0 Å². The first kappa shape index (κ1) is 29.1. The molecular formula is C27H46N2O6. The van der Waals surface area contributed by atoms with Gasteiger partial charge in [0.15, 0.2) is 0 Å². The topological polar surface area (TPSA) is 93.2 Å². The summed E-state index contributed by atoms with van der Waals surface area (Å²) in [6.07, 6.45) is 2.41. The third-order valence-corrected chi connectivity index (χ3v) is 7.32. The number of amides is 2. The molecule has 0 saturated carbocycles. The van der Waals surface area contributed by atoms with Gasteiger partial charge in [0.2, 0.25) is 11.8 Å². The number of ether oxygens (including phenoxy) is 2. The first-order chi connectivity index (χ1) is 15.8. The summed E-state index contributed by atoms with van der Waals surface area (Å²) in [5.41, 5.74) is -1.66. The molecular weight excluding hydrogens is 448 g/mol. The number of likely N-dealkylation sites (tertiary alicyclic amines) is 2. The second kappa shape index (κ2) is 10.1. The Morgan fingerprint density at radius 2 is 0.857 bits per heavy atom. The number of carbonyl (C=O) groups is 4. The molecule has 0 radical (unpaired) electrons. The summed E-state index contributed by atoms with van der Waals surface area (Å²) in [5, 5.41) is 0. The molecule has 2 fully saturated rings. The summed E-state index contributed by atoms with van der Waals surface area (Å²) in [6, 6.07) is 0. The van der Waals surface area contributed by atoms with Crippen LogP contribution in [0, 0.1) is 0 Å². The number of piperidine rings is 2. The first-order valence-electron chi connectivity index (χ1n) is 12.8. The van der Waals surface area contributed by atoms with E-state index in [-0.39, 0.29) is 48.8 Å². The lowest BCUT2D eigenvalue weighted by atomic mass is 9.78. The molecule has 0 N–H and O–H groups in total. The standard InChI is InChI=1S/C27H46N2O6/c1-18(30)28-24(3,4)14-20(15-25(28,5)6)34-22(32)12-11-13-23(33)35-21-16-26(7,8)29(19(2)31)27(9,10)17-21/h20-21H,11-17H2,1-10H3. The van der Waals surface area contributed by atoms with Crippen LogP contribution in [0.15, 0.2) is 0 Å². The fourth-order valence-corrected chi connectivity index (χ4v) is 7.12. The zero-order chi connectivity index (χ0) is 27.0. The van der Waals surface area contributed by atoms with Crippen molar-refractivity contribution in [2.24, 2.45) is 0 Å². The molecule has 2 amide bonds. The van der Waals surface area contributed by atoms with Crippen LogP contribution in [0.1, 0.15) is 114 Å². The van der Waals surface area contributed by atoms with Gasteiger partial charge in [0.05, 0.1) is 0 Å². The van der Waals surface area contributed by atoms with Crippen LogP contribution in [0.3, 0.4) is 0 Å². The van der Waals surface area contributed by atoms with Crippen LogP contribution in [-0.4, -0.2) is 67.9 Å². The molecule has 0 spiro atoms. The Morgan fingerprint density at radius 3 is 1.09 bits per heavy atom. The van der Waals surface area contributed by atoms with E-state index in [0.717, 1.165) is 0 Å². The number of esters is 2. The van der Waals surface area contributed by atoms with Gasteiger partial charge >= 0.3 is 11.9 Å². The van der Waals surface area contributed by atoms with Crippen LogP contribution in [0.4, 0.5) is 0 Å². The van der Waals surface area contributed by atoms with Gasteiger partial charge in [-0.25, -0.2) is 0 Å². The molecule has 35 heavy (non-hydrogen) atoms. The molecule has 2 heterocycles. The van der Waals surface area contributed by atoms with Gasteiger partial charge in [-0.05, 0) is 61.8 Å². The summed E-state index contributed by atoms with van der Waals surface area (Å²) < 4.78 is 11.5. The van der Waals surface area contributed by atoms with E-state index >= 15 is 0 Å². The highest BCUT2D eigenvalue weighted by atomic mass is 16.5. The Balaban J connectivity index is 1.83. The van der Waals surface area contributed by atoms with Crippen molar-refractivity contribution in [3.8, 4) is 0 Å². The molecule has 0 aromatic carbocycles. The maximum Gasteiger partial charge on any atom is 0.306 e. The number of rotatable bonds is 6. The number of hydrogen-bond acceptors (Lipinski definition) is 6. The Labute approximate surface area is 211 Å². The molecule has 2 saturated heterocycles. The predicted octanol–water partition coefficient (Wildman–Crippen LogP) is 4.38. The molecule has 0 unspecified atom stereocenters. The van der Waals surface area contributed by atoms with Crippen LogP contribution in [0.5, 0.6) is 0 Å². The monoisotopic (exact) mass is 494 g/mol. The SMILES string of the molecule is CC(=O)N1C(C)(C)CC(OC(=O)CCCC(=O)OC2CC(C)(C)N(C(C)=O)C(C)(C)C2)CC1(C)C. The fourth-order valence-electron chi connectivity index (χ4n) is 7.12. The zero-order valence-corrected chi connectivity index (χ0v) is 23.4. The fraction of sp³-hybridized carbons (Fsp3) is 0.852. The highest BCUT2D eigenvalue weighted by molar-refractivity contribution is 5.76. The number of hydrogen-bond donors (Lipinski definition) is 0. The van der Waals surface area contributed by atoms with E-state index in [1.54, 1.807) is 13.8 Å². The Kier molecular flexibility index (Phi) is 8.40. The lowest BCUT2D eigenvalue weighted by Gasteiger charge is -2.54. The van der Waals surface area contributed by atoms with E-state index in [4.69, 9.17) is 9.47 Å². The summed E-state index contributed by atoms with van der Waals surface area (Å²) in [5.74, 6) is -0.630. The quantitative estimate of drug-likeness (QED) is 0.509. The van der Waals surface area contributed by atoms with E-state index in [1.807, 2.05) is 65.2 Å². The van der Waals surface area contributed by atoms with E-state index < -0.39 is 22.2 Å². The number of nitrogens with zero attached hydrogens (tertiary/aromatic N) is 2. The summed E-state index contributed by atoms with van der Waals surface area (Å²) in [7, 11) is 0. The maximum atomic E-state index is 12.5. The van der Waals surface area contributed by atoms with Gasteiger partial charge in [0.25, 0.3) is 0 Å². The lowest BCUT2D eigenvalue weighted by molar-refractivity contribution is -0.167. The minimum atomic E-state index is -0.415. The number of carbonyl (C=O) groups excluding carboxylic acids is 4. The normalized spacial score (nSPS) is 23.5. The van der Waals surface area contributed by atoms with Gasteiger partial charge in [-0.2, -0.15) is 0 Å². The van der Waals surface area contributed by atoms with Gasteiger partial charge in [0, 0.05) is 74.5 Å².